The standard InChI is InChI=1S/C33H38O8/c1-16(2)8-9-19-27-20(14-23(39-27)30(4,5)38)25(35)24-26(36)21-12-18-13-22-31(6,7)41-32(29(18)37,11-10-17(3)15-34)33(21,22)40-28(19)24/h8,10,12,15,18,22-23,35,38H,9,11,13-14H2,1-7H3. The van der Waals surface area contributed by atoms with E-state index in [1.165, 1.54) is 0 Å². The summed E-state index contributed by atoms with van der Waals surface area (Å²) in [5.74, 6) is -1.05. The van der Waals surface area contributed by atoms with Crippen molar-refractivity contribution in [1.29, 1.82) is 0 Å². The summed E-state index contributed by atoms with van der Waals surface area (Å²) in [5.41, 5.74) is -2.03. The molecule has 3 aliphatic heterocycles. The predicted molar refractivity (Wildman–Crippen MR) is 150 cm³/mol. The van der Waals surface area contributed by atoms with Crippen LogP contribution in [-0.2, 0) is 27.2 Å². The van der Waals surface area contributed by atoms with Crippen molar-refractivity contribution in [3.05, 3.63) is 51.6 Å². The highest BCUT2D eigenvalue weighted by Gasteiger charge is 2.81. The Kier molecular flexibility index (Phi) is 5.89. The number of fused-ring (bicyclic) bond motifs is 2. The summed E-state index contributed by atoms with van der Waals surface area (Å²) in [6.07, 6.45) is 6.61. The summed E-state index contributed by atoms with van der Waals surface area (Å²) < 4.78 is 20.0. The van der Waals surface area contributed by atoms with Crippen molar-refractivity contribution in [2.45, 2.75) is 103 Å². The van der Waals surface area contributed by atoms with E-state index >= 15 is 0 Å². The van der Waals surface area contributed by atoms with E-state index in [1.54, 1.807) is 32.9 Å². The van der Waals surface area contributed by atoms with Crippen molar-refractivity contribution in [3.63, 3.8) is 0 Å². The molecule has 3 heterocycles. The number of rotatable bonds is 6. The molecule has 41 heavy (non-hydrogen) atoms. The second kappa shape index (κ2) is 8.65. The number of carbonyl (C=O) groups excluding carboxylic acids is 3. The molecule has 2 N–H and O–H groups in total. The second-order valence-electron chi connectivity index (χ2n) is 13.6. The van der Waals surface area contributed by atoms with Crippen molar-refractivity contribution >= 4 is 17.9 Å². The number of aromatic hydroxyl groups is 1. The molecule has 0 radical (unpaired) electrons. The molecule has 0 amide bonds. The fourth-order valence-electron chi connectivity index (χ4n) is 7.69. The molecule has 7 rings (SSSR count). The van der Waals surface area contributed by atoms with Crippen LogP contribution in [0.25, 0.3) is 0 Å². The number of ketones is 2. The maximum absolute atomic E-state index is 14.5. The van der Waals surface area contributed by atoms with Crippen LogP contribution in [0.2, 0.25) is 0 Å². The minimum Gasteiger partial charge on any atom is -0.507 e. The monoisotopic (exact) mass is 562 g/mol. The lowest BCUT2D eigenvalue weighted by Crippen LogP contribution is -2.72. The van der Waals surface area contributed by atoms with Crippen LogP contribution in [0.3, 0.4) is 0 Å². The van der Waals surface area contributed by atoms with Gasteiger partial charge in [0.2, 0.25) is 0 Å². The molecule has 218 valence electrons. The summed E-state index contributed by atoms with van der Waals surface area (Å²) >= 11 is 0. The van der Waals surface area contributed by atoms with Gasteiger partial charge in [0.25, 0.3) is 0 Å². The van der Waals surface area contributed by atoms with Crippen molar-refractivity contribution in [3.8, 4) is 17.2 Å². The molecule has 8 nitrogen and oxygen atoms in total. The number of hydrogen-bond acceptors (Lipinski definition) is 8. The zero-order valence-electron chi connectivity index (χ0n) is 24.7. The first-order valence-corrected chi connectivity index (χ1v) is 14.3. The van der Waals surface area contributed by atoms with Crippen LogP contribution < -0.4 is 9.47 Å². The number of ether oxygens (including phenoxy) is 3. The van der Waals surface area contributed by atoms with Crippen LogP contribution in [0, 0.1) is 11.8 Å². The molecule has 1 aromatic rings. The highest BCUT2D eigenvalue weighted by atomic mass is 16.6. The van der Waals surface area contributed by atoms with E-state index in [0.29, 0.717) is 40.9 Å². The molecular weight excluding hydrogens is 524 g/mol. The number of aldehydes is 1. The summed E-state index contributed by atoms with van der Waals surface area (Å²) in [7, 11) is 0. The Morgan fingerprint density at radius 3 is 2.49 bits per heavy atom. The van der Waals surface area contributed by atoms with Gasteiger partial charge in [-0.05, 0) is 66.9 Å². The fourth-order valence-corrected chi connectivity index (χ4v) is 7.69. The van der Waals surface area contributed by atoms with E-state index in [0.717, 1.165) is 11.9 Å². The Labute approximate surface area is 240 Å². The molecule has 2 fully saturated rings. The van der Waals surface area contributed by atoms with Gasteiger partial charge in [0, 0.05) is 41.4 Å². The number of phenolic OH excluding ortho intramolecular Hbond substituents is 1. The fraction of sp³-hybridized carbons (Fsp3) is 0.545. The number of allylic oxidation sites excluding steroid dienone is 4. The molecule has 8 heteroatoms. The number of hydrogen-bond donors (Lipinski definition) is 2. The molecule has 5 atom stereocenters. The van der Waals surface area contributed by atoms with E-state index in [9.17, 15) is 24.6 Å². The van der Waals surface area contributed by atoms with Crippen molar-refractivity contribution in [1.82, 2.24) is 0 Å². The first kappa shape index (κ1) is 27.9. The lowest BCUT2D eigenvalue weighted by atomic mass is 9.51. The summed E-state index contributed by atoms with van der Waals surface area (Å²) in [6.45, 7) is 12.7. The van der Waals surface area contributed by atoms with Gasteiger partial charge in [-0.25, -0.2) is 0 Å². The molecule has 1 spiro atoms. The van der Waals surface area contributed by atoms with Gasteiger partial charge in [0.05, 0.1) is 11.2 Å². The largest absolute Gasteiger partial charge is 0.507 e. The Hall–Kier alpha value is -3.23. The maximum Gasteiger partial charge on any atom is 0.200 e. The van der Waals surface area contributed by atoms with E-state index in [-0.39, 0.29) is 47.4 Å². The molecule has 5 unspecified atom stereocenters. The van der Waals surface area contributed by atoms with Gasteiger partial charge >= 0.3 is 0 Å². The average Bonchev–Trinajstić information content (AvgIpc) is 3.40. The van der Waals surface area contributed by atoms with Crippen molar-refractivity contribution in [2.24, 2.45) is 11.8 Å². The van der Waals surface area contributed by atoms with Crippen LogP contribution in [0.5, 0.6) is 17.2 Å². The second-order valence-corrected chi connectivity index (χ2v) is 13.6. The summed E-state index contributed by atoms with van der Waals surface area (Å²) in [6, 6.07) is 0. The van der Waals surface area contributed by atoms with Gasteiger partial charge < -0.3 is 24.4 Å². The van der Waals surface area contributed by atoms with Crippen LogP contribution in [-0.4, -0.2) is 56.6 Å². The zero-order chi connectivity index (χ0) is 29.9. The van der Waals surface area contributed by atoms with Crippen LogP contribution in [0.1, 0.15) is 82.8 Å². The number of phenols is 1. The van der Waals surface area contributed by atoms with Crippen molar-refractivity contribution in [2.75, 3.05) is 0 Å². The molecule has 6 aliphatic rings. The Morgan fingerprint density at radius 1 is 1.15 bits per heavy atom. The Bertz CT molecular complexity index is 1500. The van der Waals surface area contributed by atoms with Gasteiger partial charge in [-0.1, -0.05) is 23.8 Å². The van der Waals surface area contributed by atoms with Gasteiger partial charge in [0.1, 0.15) is 35.2 Å². The third-order valence-electron chi connectivity index (χ3n) is 9.72. The molecule has 1 saturated carbocycles. The molecule has 1 saturated heterocycles. The Balaban J connectivity index is 1.63. The van der Waals surface area contributed by atoms with Gasteiger partial charge in [-0.15, -0.1) is 0 Å². The van der Waals surface area contributed by atoms with E-state index in [1.807, 2.05) is 33.8 Å². The quantitative estimate of drug-likeness (QED) is 0.295. The highest BCUT2D eigenvalue weighted by molar-refractivity contribution is 6.18. The minimum atomic E-state index is -1.52. The normalized spacial score (nSPS) is 32.4. The maximum atomic E-state index is 14.5. The van der Waals surface area contributed by atoms with Crippen LogP contribution in [0.4, 0.5) is 0 Å². The zero-order valence-corrected chi connectivity index (χ0v) is 24.7. The van der Waals surface area contributed by atoms with E-state index in [2.05, 4.69) is 0 Å². The predicted octanol–water partition coefficient (Wildman–Crippen LogP) is 4.52. The SMILES string of the molecule is CC(C)=CCc1c2c(c(O)c3c1OC14C(=CC5CC1C(C)(C)OC4(CC=C(C)C=O)C5=O)C3=O)CC(C(C)(C)O)O2. The Morgan fingerprint density at radius 2 is 1.85 bits per heavy atom. The first-order valence-electron chi connectivity index (χ1n) is 14.3. The lowest BCUT2D eigenvalue weighted by molar-refractivity contribution is -0.171. The first-order chi connectivity index (χ1) is 19.1. The average molecular weight is 563 g/mol. The minimum absolute atomic E-state index is 0.0600. The van der Waals surface area contributed by atoms with Crippen LogP contribution >= 0.6 is 0 Å². The lowest BCUT2D eigenvalue weighted by Gasteiger charge is -2.56. The molecule has 1 aromatic carbocycles. The molecular formula is C33H38O8. The van der Waals surface area contributed by atoms with Gasteiger partial charge in [-0.3, -0.25) is 14.4 Å². The van der Waals surface area contributed by atoms with Gasteiger partial charge in [-0.2, -0.15) is 0 Å². The summed E-state index contributed by atoms with van der Waals surface area (Å²) in [5, 5.41) is 22.4. The molecule has 4 bridgehead atoms. The third kappa shape index (κ3) is 3.56. The third-order valence-corrected chi connectivity index (χ3v) is 9.72. The van der Waals surface area contributed by atoms with Gasteiger partial charge in [0.15, 0.2) is 22.8 Å². The van der Waals surface area contributed by atoms with Crippen molar-refractivity contribution < 1.29 is 38.8 Å². The molecule has 3 aliphatic carbocycles. The smallest absolute Gasteiger partial charge is 0.200 e. The van der Waals surface area contributed by atoms with Crippen LogP contribution in [0.15, 0.2) is 34.9 Å². The van der Waals surface area contributed by atoms with E-state index < -0.39 is 34.4 Å². The number of Topliss-reactive ketones (excluding diaryl/α,β-unsaturated/α-hetero) is 2. The van der Waals surface area contributed by atoms with E-state index in [4.69, 9.17) is 14.2 Å². The molecule has 0 aromatic heterocycles. The topological polar surface area (TPSA) is 119 Å². The number of aliphatic hydroxyl groups is 1. The highest BCUT2D eigenvalue weighted by Crippen LogP contribution is 2.68. The number of carbonyl (C=O) groups is 3. The number of benzene rings is 1. The summed E-state index contributed by atoms with van der Waals surface area (Å²) in [4.78, 5) is 40.2.